The number of hydrogen-bond acceptors (Lipinski definition) is 7. The lowest BCUT2D eigenvalue weighted by molar-refractivity contribution is -0.204. The standard InChI is InChI=1S/C60H110O10/c1-4-7-10-13-16-19-22-25-28-31-34-37-40-43-46-49-52(61)55(56(64)65)60(70,58(68)69)59(57(66)67,53(62)50-47-44-41-38-35-32-29-26-23-20-17-14-11-8-5-2)54(63)51-48-45-42-39-36-33-30-27-24-21-18-15-12-9-6-3/h55,70H,4-51H2,1-3H3,(H,64,65)(H,66,67)(H,68,69). The summed E-state index contributed by atoms with van der Waals surface area (Å²) < 4.78 is 0. The van der Waals surface area contributed by atoms with Crippen LogP contribution in [0.4, 0.5) is 0 Å². The van der Waals surface area contributed by atoms with E-state index in [-0.39, 0.29) is 19.3 Å². The second kappa shape index (κ2) is 46.2. The molecular weight excluding hydrogens is 881 g/mol. The first kappa shape index (κ1) is 67.4. The lowest BCUT2D eigenvalue weighted by Crippen LogP contribution is -2.71. The summed E-state index contributed by atoms with van der Waals surface area (Å²) >= 11 is 0. The molecule has 0 radical (unpaired) electrons. The number of Topliss-reactive ketones (excluding diaryl/α,β-unsaturated/α-hetero) is 3. The SMILES string of the molecule is CCCCCCCCCCCCCCCCCC(=O)C(C(=O)O)C(O)(C(=O)O)C(C(=O)O)(C(=O)CCCCCCCCCCCCCCCCC)C(=O)CCCCCCCCCCCCCCCCC. The molecule has 0 aromatic rings. The van der Waals surface area contributed by atoms with Gasteiger partial charge in [-0.1, -0.05) is 290 Å². The third kappa shape index (κ3) is 29.8. The van der Waals surface area contributed by atoms with Gasteiger partial charge in [0.1, 0.15) is 0 Å². The Hall–Kier alpha value is -2.62. The molecule has 4 N–H and O–H groups in total. The van der Waals surface area contributed by atoms with Crippen molar-refractivity contribution >= 4 is 35.3 Å². The molecule has 0 fully saturated rings. The van der Waals surface area contributed by atoms with Crippen LogP contribution in [0, 0.1) is 11.3 Å². The van der Waals surface area contributed by atoms with Crippen molar-refractivity contribution in [3.63, 3.8) is 0 Å². The van der Waals surface area contributed by atoms with Crippen LogP contribution in [-0.2, 0) is 28.8 Å². The summed E-state index contributed by atoms with van der Waals surface area (Å²) in [5, 5.41) is 44.1. The van der Waals surface area contributed by atoms with Gasteiger partial charge in [0.05, 0.1) is 0 Å². The molecule has 0 aliphatic heterocycles. The zero-order chi connectivity index (χ0) is 52.0. The normalized spacial score (nSPS) is 13.0. The molecular formula is C60H110O10. The van der Waals surface area contributed by atoms with Crippen LogP contribution in [0.1, 0.15) is 329 Å². The van der Waals surface area contributed by atoms with Gasteiger partial charge in [0.15, 0.2) is 23.3 Å². The number of aliphatic hydroxyl groups is 1. The summed E-state index contributed by atoms with van der Waals surface area (Å²) in [5.41, 5.74) is -7.70. The number of unbranched alkanes of at least 4 members (excludes halogenated alkanes) is 42. The minimum Gasteiger partial charge on any atom is -0.481 e. The molecule has 0 saturated heterocycles. The van der Waals surface area contributed by atoms with Crippen molar-refractivity contribution in [2.24, 2.45) is 11.3 Å². The maximum Gasteiger partial charge on any atom is 0.339 e. The fourth-order valence-electron chi connectivity index (χ4n) is 10.5. The van der Waals surface area contributed by atoms with E-state index < -0.39 is 71.5 Å². The van der Waals surface area contributed by atoms with Crippen molar-refractivity contribution in [2.45, 2.75) is 335 Å². The highest BCUT2D eigenvalue weighted by atomic mass is 16.4. The number of carboxylic acid groups (broad SMARTS) is 3. The number of carbonyl (C=O) groups excluding carboxylic acids is 3. The van der Waals surface area contributed by atoms with Crippen molar-refractivity contribution in [1.82, 2.24) is 0 Å². The van der Waals surface area contributed by atoms with Gasteiger partial charge in [-0.3, -0.25) is 24.0 Å². The molecule has 0 aliphatic rings. The zero-order valence-electron chi connectivity index (χ0n) is 45.8. The highest BCUT2D eigenvalue weighted by molar-refractivity contribution is 6.27. The molecule has 2 atom stereocenters. The number of rotatable bonds is 56. The molecule has 0 aromatic heterocycles. The third-order valence-corrected chi connectivity index (χ3v) is 15.1. The Morgan fingerprint density at radius 2 is 0.500 bits per heavy atom. The smallest absolute Gasteiger partial charge is 0.339 e. The van der Waals surface area contributed by atoms with Gasteiger partial charge >= 0.3 is 17.9 Å². The second-order valence-electron chi connectivity index (χ2n) is 21.3. The number of hydrogen-bond donors (Lipinski definition) is 4. The van der Waals surface area contributed by atoms with Gasteiger partial charge in [-0.25, -0.2) is 4.79 Å². The van der Waals surface area contributed by atoms with E-state index in [0.717, 1.165) is 89.9 Å². The summed E-state index contributed by atoms with van der Waals surface area (Å²) in [6.07, 6.45) is 46.1. The monoisotopic (exact) mass is 991 g/mol. The van der Waals surface area contributed by atoms with Crippen LogP contribution < -0.4 is 0 Å². The Kier molecular flexibility index (Phi) is 44.5. The van der Waals surface area contributed by atoms with Crippen LogP contribution in [0.2, 0.25) is 0 Å². The third-order valence-electron chi connectivity index (χ3n) is 15.1. The van der Waals surface area contributed by atoms with Crippen molar-refractivity contribution in [3.8, 4) is 0 Å². The topological polar surface area (TPSA) is 183 Å². The van der Waals surface area contributed by atoms with Gasteiger partial charge in [0.2, 0.25) is 11.0 Å². The van der Waals surface area contributed by atoms with Gasteiger partial charge < -0.3 is 20.4 Å². The number of carbonyl (C=O) groups is 6. The summed E-state index contributed by atoms with van der Waals surface area (Å²) in [4.78, 5) is 82.0. The van der Waals surface area contributed by atoms with Gasteiger partial charge in [-0.05, 0) is 19.3 Å². The molecule has 0 amide bonds. The van der Waals surface area contributed by atoms with E-state index in [1.54, 1.807) is 0 Å². The average Bonchev–Trinajstić information content (AvgIpc) is 3.32. The highest BCUT2D eigenvalue weighted by Gasteiger charge is 2.74. The predicted molar refractivity (Wildman–Crippen MR) is 287 cm³/mol. The zero-order valence-corrected chi connectivity index (χ0v) is 45.8. The summed E-state index contributed by atoms with van der Waals surface area (Å²) in [7, 11) is 0. The lowest BCUT2D eigenvalue weighted by Gasteiger charge is -2.41. The Balaban J connectivity index is 5.60. The molecule has 0 bridgehead atoms. The van der Waals surface area contributed by atoms with E-state index >= 15 is 0 Å². The fraction of sp³-hybridized carbons (Fsp3) is 0.900. The molecule has 0 rings (SSSR count). The van der Waals surface area contributed by atoms with Crippen LogP contribution in [0.3, 0.4) is 0 Å². The van der Waals surface area contributed by atoms with E-state index in [1.165, 1.54) is 161 Å². The molecule has 10 heteroatoms. The van der Waals surface area contributed by atoms with E-state index in [1.807, 2.05) is 0 Å². The van der Waals surface area contributed by atoms with E-state index in [4.69, 9.17) is 0 Å². The minimum absolute atomic E-state index is 0.138. The van der Waals surface area contributed by atoms with Crippen LogP contribution >= 0.6 is 0 Å². The molecule has 0 aliphatic carbocycles. The van der Waals surface area contributed by atoms with E-state index in [9.17, 15) is 49.2 Å². The predicted octanol–water partition coefficient (Wildman–Crippen LogP) is 17.1. The van der Waals surface area contributed by atoms with E-state index in [2.05, 4.69) is 20.8 Å². The molecule has 410 valence electrons. The molecule has 0 spiro atoms. The number of ketones is 3. The molecule has 0 saturated carbocycles. The average molecular weight is 992 g/mol. The first-order valence-electron chi connectivity index (χ1n) is 29.9. The Morgan fingerprint density at radius 1 is 0.300 bits per heavy atom. The van der Waals surface area contributed by atoms with Crippen LogP contribution in [0.5, 0.6) is 0 Å². The Bertz CT molecular complexity index is 1280. The van der Waals surface area contributed by atoms with Gasteiger partial charge in [0.25, 0.3) is 0 Å². The number of carboxylic acids is 3. The van der Waals surface area contributed by atoms with Crippen LogP contribution in [-0.4, -0.2) is 61.3 Å². The van der Waals surface area contributed by atoms with Crippen molar-refractivity contribution in [2.75, 3.05) is 0 Å². The van der Waals surface area contributed by atoms with Gasteiger partial charge in [0, 0.05) is 19.3 Å². The van der Waals surface area contributed by atoms with Gasteiger partial charge in [-0.2, -0.15) is 0 Å². The Labute approximate surface area is 428 Å². The molecule has 10 nitrogen and oxygen atoms in total. The summed E-state index contributed by atoms with van der Waals surface area (Å²) in [5.74, 6) is -13.4. The van der Waals surface area contributed by atoms with Crippen molar-refractivity contribution in [1.29, 1.82) is 0 Å². The van der Waals surface area contributed by atoms with Crippen LogP contribution in [0.25, 0.3) is 0 Å². The first-order chi connectivity index (χ1) is 33.9. The fourth-order valence-corrected chi connectivity index (χ4v) is 10.5. The summed E-state index contributed by atoms with van der Waals surface area (Å²) in [6, 6.07) is 0. The van der Waals surface area contributed by atoms with Crippen LogP contribution in [0.15, 0.2) is 0 Å². The second-order valence-corrected chi connectivity index (χ2v) is 21.3. The first-order valence-corrected chi connectivity index (χ1v) is 29.9. The molecule has 0 heterocycles. The molecule has 0 aromatic carbocycles. The van der Waals surface area contributed by atoms with E-state index in [0.29, 0.717) is 19.3 Å². The molecule has 70 heavy (non-hydrogen) atoms. The highest BCUT2D eigenvalue weighted by Crippen LogP contribution is 2.44. The molecule has 2 unspecified atom stereocenters. The minimum atomic E-state index is -4.03. The Morgan fingerprint density at radius 3 is 0.686 bits per heavy atom. The lowest BCUT2D eigenvalue weighted by atomic mass is 9.58. The maximum atomic E-state index is 14.3. The quantitative estimate of drug-likeness (QED) is 0.0338. The van der Waals surface area contributed by atoms with Gasteiger partial charge in [-0.15, -0.1) is 0 Å². The number of aliphatic carboxylic acids is 3. The van der Waals surface area contributed by atoms with Crippen molar-refractivity contribution in [3.05, 3.63) is 0 Å². The van der Waals surface area contributed by atoms with Crippen molar-refractivity contribution < 1.29 is 49.2 Å². The summed E-state index contributed by atoms with van der Waals surface area (Å²) in [6.45, 7) is 6.67. The largest absolute Gasteiger partial charge is 0.481 e. The maximum absolute atomic E-state index is 14.3.